The van der Waals surface area contributed by atoms with Crippen LogP contribution in [0.2, 0.25) is 0 Å². The molecule has 0 bridgehead atoms. The third-order valence-electron chi connectivity index (χ3n) is 7.48. The van der Waals surface area contributed by atoms with Gasteiger partial charge in [0.25, 0.3) is 11.1 Å². The molecule has 12 nitrogen and oxygen atoms in total. The second kappa shape index (κ2) is 15.3. The molecular formula is C37H27F3N4O8S. The monoisotopic (exact) mass is 744 g/mol. The number of phenolic OH excluding ortho intramolecular Hbond substituents is 1. The summed E-state index contributed by atoms with van der Waals surface area (Å²) >= 11 is 0. The van der Waals surface area contributed by atoms with Gasteiger partial charge < -0.3 is 19.0 Å². The molecule has 0 aliphatic rings. The molecule has 0 unspecified atom stereocenters. The van der Waals surface area contributed by atoms with Crippen molar-refractivity contribution < 1.29 is 40.6 Å². The van der Waals surface area contributed by atoms with E-state index < -0.39 is 26.9 Å². The highest BCUT2D eigenvalue weighted by Gasteiger charge is 2.49. The molecule has 53 heavy (non-hydrogen) atoms. The molecule has 0 radical (unpaired) electrons. The Kier molecular flexibility index (Phi) is 10.4. The molecule has 0 atom stereocenters. The Hall–Kier alpha value is -6.68. The van der Waals surface area contributed by atoms with Gasteiger partial charge in [0.1, 0.15) is 19.0 Å². The number of nitrogens with zero attached hydrogens (tertiary/aromatic N) is 4. The number of aromatic nitrogens is 4. The molecule has 0 saturated carbocycles. The molecule has 0 amide bonds. The summed E-state index contributed by atoms with van der Waals surface area (Å²) in [4.78, 5) is 44.3. The van der Waals surface area contributed by atoms with Crippen molar-refractivity contribution in [2.45, 2.75) is 18.7 Å². The van der Waals surface area contributed by atoms with E-state index in [9.17, 15) is 36.3 Å². The van der Waals surface area contributed by atoms with Crippen molar-refractivity contribution >= 4 is 32.2 Å². The summed E-state index contributed by atoms with van der Waals surface area (Å²) in [6.45, 7) is 0.241. The molecule has 0 aliphatic heterocycles. The lowest BCUT2D eigenvalue weighted by atomic mass is 10.0. The summed E-state index contributed by atoms with van der Waals surface area (Å²) in [6.07, 6.45) is 2.89. The summed E-state index contributed by atoms with van der Waals surface area (Å²) in [6, 6.07) is 33.6. The minimum Gasteiger partial charge on any atom is -0.508 e. The van der Waals surface area contributed by atoms with Crippen LogP contribution in [0.3, 0.4) is 0 Å². The smallest absolute Gasteiger partial charge is 0.508 e. The number of phenols is 1. The number of aromatic hydroxyl groups is 1. The number of rotatable bonds is 9. The quantitative estimate of drug-likeness (QED) is 0.145. The molecule has 4 heterocycles. The summed E-state index contributed by atoms with van der Waals surface area (Å²) in [5, 5.41) is 10.4. The second-order valence-electron chi connectivity index (χ2n) is 11.1. The van der Waals surface area contributed by atoms with Crippen LogP contribution in [-0.2, 0) is 23.3 Å². The molecule has 3 aromatic carbocycles. The van der Waals surface area contributed by atoms with Crippen molar-refractivity contribution in [1.82, 2.24) is 19.4 Å². The van der Waals surface area contributed by atoms with Crippen LogP contribution in [0.15, 0.2) is 143 Å². The number of alkyl halides is 3. The summed E-state index contributed by atoms with van der Waals surface area (Å²) in [7, 11) is -5.94. The van der Waals surface area contributed by atoms with Gasteiger partial charge in [-0.15, -0.1) is 9.46 Å². The molecule has 4 aromatic heterocycles. The van der Waals surface area contributed by atoms with Gasteiger partial charge in [-0.2, -0.15) is 21.6 Å². The fourth-order valence-electron chi connectivity index (χ4n) is 5.06. The lowest BCUT2D eigenvalue weighted by Crippen LogP contribution is -2.30. The van der Waals surface area contributed by atoms with Gasteiger partial charge in [0.05, 0.1) is 11.5 Å². The van der Waals surface area contributed by atoms with E-state index in [0.717, 1.165) is 26.8 Å². The van der Waals surface area contributed by atoms with Gasteiger partial charge in [-0.1, -0.05) is 72.8 Å². The van der Waals surface area contributed by atoms with Crippen LogP contribution < -0.4 is 25.0 Å². The van der Waals surface area contributed by atoms with Crippen molar-refractivity contribution in [2.75, 3.05) is 0 Å². The molecule has 0 spiro atoms. The zero-order valence-electron chi connectivity index (χ0n) is 27.3. The highest BCUT2D eigenvalue weighted by atomic mass is 32.2. The Morgan fingerprint density at radius 2 is 1.17 bits per heavy atom. The first-order valence-corrected chi connectivity index (χ1v) is 17.0. The summed E-state index contributed by atoms with van der Waals surface area (Å²) < 4.78 is 66.3. The number of pyridine rings is 4. The third kappa shape index (κ3) is 8.28. The lowest BCUT2D eigenvalue weighted by molar-refractivity contribution is -0.0499. The van der Waals surface area contributed by atoms with Gasteiger partial charge in [-0.3, -0.25) is 9.59 Å². The van der Waals surface area contributed by atoms with Gasteiger partial charge in [0.15, 0.2) is 17.0 Å². The maximum absolute atomic E-state index is 12.7. The van der Waals surface area contributed by atoms with Gasteiger partial charge in [0.2, 0.25) is 0 Å². The average Bonchev–Trinajstić information content (AvgIpc) is 3.14. The molecule has 7 rings (SSSR count). The van der Waals surface area contributed by atoms with Crippen LogP contribution in [0.5, 0.6) is 11.5 Å². The zero-order chi connectivity index (χ0) is 37.6. The van der Waals surface area contributed by atoms with Crippen molar-refractivity contribution in [1.29, 1.82) is 0 Å². The van der Waals surface area contributed by atoms with Crippen molar-refractivity contribution in [2.24, 2.45) is 0 Å². The molecule has 1 N–H and O–H groups in total. The lowest BCUT2D eigenvalue weighted by Gasteiger charge is -2.14. The number of halogens is 3. The summed E-state index contributed by atoms with van der Waals surface area (Å²) in [5.41, 5.74) is -3.50. The molecule has 0 fully saturated rings. The third-order valence-corrected chi connectivity index (χ3v) is 8.45. The van der Waals surface area contributed by atoms with Crippen LogP contribution in [0.1, 0.15) is 11.1 Å². The Labute approximate surface area is 298 Å². The van der Waals surface area contributed by atoms with E-state index in [1.807, 2.05) is 42.5 Å². The second-order valence-corrected chi connectivity index (χ2v) is 12.7. The molecule has 7 aromatic rings. The Morgan fingerprint density at radius 1 is 0.642 bits per heavy atom. The van der Waals surface area contributed by atoms with Gasteiger partial charge in [0, 0.05) is 23.8 Å². The maximum atomic E-state index is 12.7. The van der Waals surface area contributed by atoms with Crippen LogP contribution in [0.4, 0.5) is 13.2 Å². The van der Waals surface area contributed by atoms with E-state index in [2.05, 4.69) is 14.2 Å². The number of fused-ring (bicyclic) bond motifs is 2. The van der Waals surface area contributed by atoms with E-state index >= 15 is 0 Å². The first kappa shape index (κ1) is 36.1. The van der Waals surface area contributed by atoms with E-state index in [4.69, 9.17) is 9.68 Å². The Morgan fingerprint density at radius 3 is 1.72 bits per heavy atom. The van der Waals surface area contributed by atoms with Crippen molar-refractivity contribution in [3.8, 4) is 22.6 Å². The van der Waals surface area contributed by atoms with E-state index in [-0.39, 0.29) is 35.6 Å². The zero-order valence-corrected chi connectivity index (χ0v) is 28.1. The maximum Gasteiger partial charge on any atom is 0.534 e. The molecular weight excluding hydrogens is 717 g/mol. The number of hydrogen-bond donors (Lipinski definition) is 1. The average molecular weight is 745 g/mol. The van der Waals surface area contributed by atoms with Gasteiger partial charge >= 0.3 is 15.6 Å². The molecule has 16 heteroatoms. The fourth-order valence-corrected chi connectivity index (χ4v) is 5.53. The van der Waals surface area contributed by atoms with E-state index in [0.29, 0.717) is 17.3 Å². The SMILES string of the molecule is O=c1cc(-c2cccc(O)c2)c2cccnc2n1OCc1ccccc1.O=c1cc(OS(=O)(=O)C(F)(F)F)c2cccnc2n1OCc1ccccc1. The predicted octanol–water partition coefficient (Wildman–Crippen LogP) is 5.65. The molecule has 0 saturated heterocycles. The largest absolute Gasteiger partial charge is 0.534 e. The van der Waals surface area contributed by atoms with Crippen LogP contribution in [-0.4, -0.2) is 38.5 Å². The minimum absolute atomic E-state index is 0.0204. The van der Waals surface area contributed by atoms with E-state index in [1.165, 1.54) is 29.1 Å². The number of hydrogen-bond acceptors (Lipinski definition) is 10. The molecule has 270 valence electrons. The highest BCUT2D eigenvalue weighted by Crippen LogP contribution is 2.30. The highest BCUT2D eigenvalue weighted by molar-refractivity contribution is 7.88. The normalized spacial score (nSPS) is 11.5. The van der Waals surface area contributed by atoms with Gasteiger partial charge in [-0.25, -0.2) is 9.97 Å². The minimum atomic E-state index is -5.94. The van der Waals surface area contributed by atoms with Crippen LogP contribution in [0.25, 0.3) is 33.2 Å². The van der Waals surface area contributed by atoms with Crippen LogP contribution in [0, 0.1) is 0 Å². The Balaban J connectivity index is 0.000000181. The van der Waals surface area contributed by atoms with Crippen molar-refractivity contribution in [3.05, 3.63) is 166 Å². The van der Waals surface area contributed by atoms with Crippen LogP contribution >= 0.6 is 0 Å². The topological polar surface area (TPSA) is 152 Å². The Bertz CT molecular complexity index is 2620. The first-order chi connectivity index (χ1) is 25.4. The predicted molar refractivity (Wildman–Crippen MR) is 188 cm³/mol. The molecule has 0 aliphatic carbocycles. The summed E-state index contributed by atoms with van der Waals surface area (Å²) in [5.74, 6) is -0.649. The fraction of sp³-hybridized carbons (Fsp3) is 0.0811. The standard InChI is InChI=1S/C21H16N2O3.C16H11F3N2O5S/c24-17-9-4-8-16(12-17)19-13-20(25)23(21-18(19)10-5-11-22-21)26-14-15-6-2-1-3-7-15;17-16(18,19)27(23,24)26-13-9-14(22)21(15-12(13)7-4-8-20-15)25-10-11-5-2-1-3-6-11/h1-13,24H,14H2;1-9H,10H2. The number of benzene rings is 3. The van der Waals surface area contributed by atoms with Crippen molar-refractivity contribution in [3.63, 3.8) is 0 Å². The van der Waals surface area contributed by atoms with Gasteiger partial charge in [-0.05, 0) is 58.7 Å². The van der Waals surface area contributed by atoms with E-state index in [1.54, 1.807) is 60.8 Å². The first-order valence-electron chi connectivity index (χ1n) is 15.6.